The summed E-state index contributed by atoms with van der Waals surface area (Å²) in [4.78, 5) is 25.9. The standard InChI is InChI=1S/C14H16N4O4/c1-10-4-5-11(13(16-10)18(20)21)22-8-12(19)17-14(9-15)6-2-3-7-14/h4-5H,2-3,6-8H2,1H3,(H,17,19). The Morgan fingerprint density at radius 2 is 2.23 bits per heavy atom. The van der Waals surface area contributed by atoms with Gasteiger partial charge in [-0.1, -0.05) is 0 Å². The van der Waals surface area contributed by atoms with Crippen LogP contribution < -0.4 is 10.1 Å². The highest BCUT2D eigenvalue weighted by molar-refractivity contribution is 5.79. The van der Waals surface area contributed by atoms with E-state index in [0.29, 0.717) is 18.5 Å². The molecule has 1 aromatic heterocycles. The molecule has 0 radical (unpaired) electrons. The lowest BCUT2D eigenvalue weighted by Crippen LogP contribution is -2.47. The zero-order chi connectivity index (χ0) is 16.2. The second-order valence-corrected chi connectivity index (χ2v) is 5.27. The molecule has 0 bridgehead atoms. The van der Waals surface area contributed by atoms with Crippen molar-refractivity contribution in [2.24, 2.45) is 0 Å². The Morgan fingerprint density at radius 3 is 2.82 bits per heavy atom. The molecule has 0 atom stereocenters. The van der Waals surface area contributed by atoms with Crippen LogP contribution in [0.5, 0.6) is 5.75 Å². The molecule has 1 aromatic rings. The molecule has 1 aliphatic rings. The van der Waals surface area contributed by atoms with E-state index in [9.17, 15) is 20.2 Å². The first-order valence-corrected chi connectivity index (χ1v) is 6.93. The van der Waals surface area contributed by atoms with Gasteiger partial charge in [0.15, 0.2) is 6.61 Å². The van der Waals surface area contributed by atoms with Crippen LogP contribution in [0.25, 0.3) is 0 Å². The summed E-state index contributed by atoms with van der Waals surface area (Å²) in [5.74, 6) is -0.967. The number of rotatable bonds is 5. The number of pyridine rings is 1. The molecule has 1 fully saturated rings. The van der Waals surface area contributed by atoms with Crippen molar-refractivity contribution >= 4 is 11.7 Å². The Morgan fingerprint density at radius 1 is 1.55 bits per heavy atom. The van der Waals surface area contributed by atoms with E-state index in [0.717, 1.165) is 12.8 Å². The quantitative estimate of drug-likeness (QED) is 0.652. The molecule has 8 nitrogen and oxygen atoms in total. The third-order valence-electron chi connectivity index (χ3n) is 3.56. The number of nitro groups is 1. The van der Waals surface area contributed by atoms with Crippen LogP contribution in [0.3, 0.4) is 0 Å². The van der Waals surface area contributed by atoms with Gasteiger partial charge in [-0.05, 0) is 47.7 Å². The van der Waals surface area contributed by atoms with Crippen LogP contribution in [-0.2, 0) is 4.79 Å². The minimum atomic E-state index is -0.835. The van der Waals surface area contributed by atoms with Gasteiger partial charge in [0.1, 0.15) is 11.2 Å². The molecular formula is C14H16N4O4. The molecule has 1 heterocycles. The number of hydrogen-bond acceptors (Lipinski definition) is 6. The molecule has 22 heavy (non-hydrogen) atoms. The van der Waals surface area contributed by atoms with Crippen LogP contribution >= 0.6 is 0 Å². The zero-order valence-corrected chi connectivity index (χ0v) is 12.2. The SMILES string of the molecule is Cc1ccc(OCC(=O)NC2(C#N)CCCC2)c([N+](=O)[O-])n1. The number of aromatic nitrogens is 1. The number of nitrogens with zero attached hydrogens (tertiary/aromatic N) is 3. The molecule has 0 aliphatic heterocycles. The topological polar surface area (TPSA) is 118 Å². The van der Waals surface area contributed by atoms with Crippen LogP contribution in [-0.4, -0.2) is 28.0 Å². The molecule has 116 valence electrons. The summed E-state index contributed by atoms with van der Waals surface area (Å²) in [7, 11) is 0. The second-order valence-electron chi connectivity index (χ2n) is 5.27. The fourth-order valence-electron chi connectivity index (χ4n) is 2.46. The molecule has 1 N–H and O–H groups in total. The van der Waals surface area contributed by atoms with E-state index in [1.54, 1.807) is 13.0 Å². The van der Waals surface area contributed by atoms with Crippen molar-refractivity contribution in [1.29, 1.82) is 5.26 Å². The summed E-state index contributed by atoms with van der Waals surface area (Å²) in [6.45, 7) is 1.23. The largest absolute Gasteiger partial charge is 0.476 e. The Hall–Kier alpha value is -2.69. The van der Waals surface area contributed by atoms with Crippen molar-refractivity contribution in [3.8, 4) is 11.8 Å². The lowest BCUT2D eigenvalue weighted by atomic mass is 10.00. The summed E-state index contributed by atoms with van der Waals surface area (Å²) >= 11 is 0. The molecule has 1 aliphatic carbocycles. The predicted octanol–water partition coefficient (Wildman–Crippen LogP) is 1.63. The van der Waals surface area contributed by atoms with Crippen molar-refractivity contribution in [3.63, 3.8) is 0 Å². The molecule has 0 aromatic carbocycles. The third-order valence-corrected chi connectivity index (χ3v) is 3.56. The Kier molecular flexibility index (Phi) is 4.56. The van der Waals surface area contributed by atoms with Gasteiger partial charge in [0, 0.05) is 6.92 Å². The molecular weight excluding hydrogens is 288 g/mol. The number of hydrogen-bond donors (Lipinski definition) is 1. The third kappa shape index (κ3) is 3.49. The Balaban J connectivity index is 2.00. The average Bonchev–Trinajstić information content (AvgIpc) is 2.95. The van der Waals surface area contributed by atoms with Crippen LogP contribution in [0, 0.1) is 28.4 Å². The number of aryl methyl sites for hydroxylation is 1. The lowest BCUT2D eigenvalue weighted by Gasteiger charge is -2.21. The summed E-state index contributed by atoms with van der Waals surface area (Å²) in [6.07, 6.45) is 3.01. The summed E-state index contributed by atoms with van der Waals surface area (Å²) in [6, 6.07) is 5.11. The van der Waals surface area contributed by atoms with Crippen molar-refractivity contribution in [1.82, 2.24) is 10.3 Å². The minimum absolute atomic E-state index is 0.0665. The van der Waals surface area contributed by atoms with E-state index in [4.69, 9.17) is 4.74 Å². The van der Waals surface area contributed by atoms with Gasteiger partial charge < -0.3 is 20.2 Å². The van der Waals surface area contributed by atoms with Gasteiger partial charge >= 0.3 is 5.82 Å². The summed E-state index contributed by atoms with van der Waals surface area (Å²) in [5.41, 5.74) is -0.351. The van der Waals surface area contributed by atoms with Gasteiger partial charge in [0.2, 0.25) is 5.75 Å². The van der Waals surface area contributed by atoms with Gasteiger partial charge in [-0.3, -0.25) is 4.79 Å². The van der Waals surface area contributed by atoms with Crippen molar-refractivity contribution in [2.75, 3.05) is 6.61 Å². The molecule has 0 saturated heterocycles. The van der Waals surface area contributed by atoms with E-state index < -0.39 is 28.8 Å². The van der Waals surface area contributed by atoms with E-state index in [2.05, 4.69) is 16.4 Å². The van der Waals surface area contributed by atoms with Gasteiger partial charge in [-0.15, -0.1) is 0 Å². The first-order chi connectivity index (χ1) is 10.5. The monoisotopic (exact) mass is 304 g/mol. The molecule has 1 amide bonds. The molecule has 8 heteroatoms. The number of carbonyl (C=O) groups excluding carboxylic acids is 1. The summed E-state index contributed by atoms with van der Waals surface area (Å²) in [5, 5.41) is 22.8. The van der Waals surface area contributed by atoms with E-state index in [1.807, 2.05) is 0 Å². The van der Waals surface area contributed by atoms with Crippen molar-refractivity contribution in [3.05, 3.63) is 27.9 Å². The number of amides is 1. The normalized spacial score (nSPS) is 15.8. The molecule has 1 saturated carbocycles. The smallest absolute Gasteiger partial charge is 0.406 e. The van der Waals surface area contributed by atoms with Crippen molar-refractivity contribution < 1.29 is 14.5 Å². The van der Waals surface area contributed by atoms with Gasteiger partial charge in [0.25, 0.3) is 5.91 Å². The van der Waals surface area contributed by atoms with Crippen LogP contribution in [0.4, 0.5) is 5.82 Å². The highest BCUT2D eigenvalue weighted by atomic mass is 16.6. The number of carbonyl (C=O) groups is 1. The summed E-state index contributed by atoms with van der Waals surface area (Å²) < 4.78 is 5.19. The second kappa shape index (κ2) is 6.39. The highest BCUT2D eigenvalue weighted by Gasteiger charge is 2.35. The lowest BCUT2D eigenvalue weighted by molar-refractivity contribution is -0.390. The zero-order valence-electron chi connectivity index (χ0n) is 12.2. The van der Waals surface area contributed by atoms with Crippen LogP contribution in [0.2, 0.25) is 0 Å². The highest BCUT2D eigenvalue weighted by Crippen LogP contribution is 2.29. The Bertz CT molecular complexity index is 632. The van der Waals surface area contributed by atoms with E-state index >= 15 is 0 Å². The minimum Gasteiger partial charge on any atom is -0.476 e. The number of ether oxygens (including phenoxy) is 1. The predicted molar refractivity (Wildman–Crippen MR) is 76.1 cm³/mol. The molecule has 2 rings (SSSR count). The average molecular weight is 304 g/mol. The van der Waals surface area contributed by atoms with Gasteiger partial charge in [-0.2, -0.15) is 5.26 Å². The Labute approximate surface area is 127 Å². The fourth-order valence-corrected chi connectivity index (χ4v) is 2.46. The maximum absolute atomic E-state index is 11.9. The first-order valence-electron chi connectivity index (χ1n) is 6.93. The van der Waals surface area contributed by atoms with E-state index in [-0.39, 0.29) is 5.75 Å². The van der Waals surface area contributed by atoms with Crippen LogP contribution in [0.15, 0.2) is 12.1 Å². The number of nitriles is 1. The van der Waals surface area contributed by atoms with Crippen LogP contribution in [0.1, 0.15) is 31.4 Å². The van der Waals surface area contributed by atoms with Gasteiger partial charge in [-0.25, -0.2) is 0 Å². The van der Waals surface area contributed by atoms with Gasteiger partial charge in [0.05, 0.1) is 6.07 Å². The molecule has 0 unspecified atom stereocenters. The maximum Gasteiger partial charge on any atom is 0.406 e. The maximum atomic E-state index is 11.9. The van der Waals surface area contributed by atoms with E-state index in [1.165, 1.54) is 6.07 Å². The fraction of sp³-hybridized carbons (Fsp3) is 0.500. The van der Waals surface area contributed by atoms with Crippen molar-refractivity contribution in [2.45, 2.75) is 38.1 Å². The molecule has 0 spiro atoms. The first kappa shape index (κ1) is 15.7. The number of nitrogens with one attached hydrogen (secondary N) is 1.